The predicted octanol–water partition coefficient (Wildman–Crippen LogP) is 5.95. The Morgan fingerprint density at radius 1 is 0.970 bits per heavy atom. The lowest BCUT2D eigenvalue weighted by Gasteiger charge is -2.19. The number of nitrogens with one attached hydrogen (secondary N) is 1. The van der Waals surface area contributed by atoms with E-state index in [1.165, 1.54) is 6.21 Å². The molecule has 4 aromatic rings. The first-order chi connectivity index (χ1) is 15.6. The first kappa shape index (κ1) is 23.1. The van der Waals surface area contributed by atoms with E-state index in [1.54, 1.807) is 12.1 Å². The Hall–Kier alpha value is -3.09. The Bertz CT molecular complexity index is 1420. The topological polar surface area (TPSA) is 63.5 Å². The number of hydrogen-bond donors (Lipinski definition) is 1. The summed E-state index contributed by atoms with van der Waals surface area (Å²) in [6.07, 6.45) is 3.48. The maximum absolute atomic E-state index is 12.7. The number of para-hydroxylation sites is 1. The molecular weight excluding hydrogens is 454 g/mol. The molecule has 1 heterocycles. The number of nitrogens with zero attached hydrogens (tertiary/aromatic N) is 2. The van der Waals surface area contributed by atoms with E-state index in [1.807, 2.05) is 66.9 Å². The fourth-order valence-electron chi connectivity index (χ4n) is 3.67. The fourth-order valence-corrected chi connectivity index (χ4v) is 4.66. The quantitative estimate of drug-likeness (QED) is 0.274. The molecule has 0 radical (unpaired) electrons. The molecule has 0 unspecified atom stereocenters. The molecule has 0 bridgehead atoms. The van der Waals surface area contributed by atoms with Crippen LogP contribution in [0.4, 0.5) is 0 Å². The maximum atomic E-state index is 12.7. The molecule has 1 aromatic heterocycles. The van der Waals surface area contributed by atoms with Gasteiger partial charge < -0.3 is 4.57 Å². The molecule has 0 amide bonds. The van der Waals surface area contributed by atoms with Crippen molar-refractivity contribution in [2.24, 2.45) is 5.10 Å². The van der Waals surface area contributed by atoms with E-state index in [0.717, 1.165) is 27.6 Å². The van der Waals surface area contributed by atoms with Crippen LogP contribution in [0.1, 0.15) is 37.5 Å². The second-order valence-corrected chi connectivity index (χ2v) is 11.0. The van der Waals surface area contributed by atoms with Crippen molar-refractivity contribution >= 4 is 38.7 Å². The molecule has 0 spiro atoms. The molecule has 1 N–H and O–H groups in total. The highest BCUT2D eigenvalue weighted by molar-refractivity contribution is 7.89. The number of hydrogen-bond acceptors (Lipinski definition) is 3. The van der Waals surface area contributed by atoms with Crippen molar-refractivity contribution in [1.82, 2.24) is 9.40 Å². The van der Waals surface area contributed by atoms with E-state index in [2.05, 4.69) is 35.3 Å². The summed E-state index contributed by atoms with van der Waals surface area (Å²) >= 11 is 6.34. The minimum atomic E-state index is -3.77. The number of fused-ring (bicyclic) bond motifs is 1. The summed E-state index contributed by atoms with van der Waals surface area (Å²) in [6.45, 7) is 6.85. The van der Waals surface area contributed by atoms with Gasteiger partial charge in [-0.2, -0.15) is 13.5 Å². The smallest absolute Gasteiger partial charge is 0.276 e. The van der Waals surface area contributed by atoms with Crippen LogP contribution >= 0.6 is 11.6 Å². The summed E-state index contributed by atoms with van der Waals surface area (Å²) in [5.41, 5.74) is 3.84. The Morgan fingerprint density at radius 3 is 2.33 bits per heavy atom. The molecule has 0 saturated carbocycles. The lowest BCUT2D eigenvalue weighted by atomic mass is 9.87. The van der Waals surface area contributed by atoms with Crippen LogP contribution in [0.25, 0.3) is 10.9 Å². The zero-order valence-electron chi connectivity index (χ0n) is 18.8. The van der Waals surface area contributed by atoms with Gasteiger partial charge in [0.05, 0.1) is 11.1 Å². The zero-order valence-corrected chi connectivity index (χ0v) is 20.4. The van der Waals surface area contributed by atoms with Gasteiger partial charge in [-0.15, -0.1) is 0 Å². The molecule has 0 fully saturated rings. The van der Waals surface area contributed by atoms with Gasteiger partial charge in [-0.3, -0.25) is 0 Å². The highest BCUT2D eigenvalue weighted by atomic mass is 35.5. The van der Waals surface area contributed by atoms with Crippen LogP contribution in [0.3, 0.4) is 0 Å². The molecule has 33 heavy (non-hydrogen) atoms. The molecule has 0 aliphatic rings. The Balaban J connectivity index is 1.57. The van der Waals surface area contributed by atoms with Gasteiger partial charge in [-0.25, -0.2) is 4.83 Å². The maximum Gasteiger partial charge on any atom is 0.276 e. The van der Waals surface area contributed by atoms with Crippen molar-refractivity contribution in [2.75, 3.05) is 0 Å². The third-order valence-corrected chi connectivity index (χ3v) is 7.13. The van der Waals surface area contributed by atoms with E-state index in [-0.39, 0.29) is 10.3 Å². The molecule has 5 nitrogen and oxygen atoms in total. The Labute approximate surface area is 199 Å². The molecule has 4 rings (SSSR count). The number of benzene rings is 3. The normalized spacial score (nSPS) is 12.5. The largest absolute Gasteiger partial charge is 0.342 e. The monoisotopic (exact) mass is 479 g/mol. The summed E-state index contributed by atoms with van der Waals surface area (Å²) < 4.78 is 27.5. The van der Waals surface area contributed by atoms with Crippen molar-refractivity contribution in [2.45, 2.75) is 37.6 Å². The van der Waals surface area contributed by atoms with Crippen molar-refractivity contribution in [3.63, 3.8) is 0 Å². The van der Waals surface area contributed by atoms with Gasteiger partial charge in [-0.1, -0.05) is 80.9 Å². The summed E-state index contributed by atoms with van der Waals surface area (Å²) in [5, 5.41) is 5.73. The highest BCUT2D eigenvalue weighted by Gasteiger charge is 2.17. The van der Waals surface area contributed by atoms with Gasteiger partial charge in [0, 0.05) is 34.2 Å². The lowest BCUT2D eigenvalue weighted by Crippen LogP contribution is -2.19. The summed E-state index contributed by atoms with van der Waals surface area (Å²) in [7, 11) is -3.77. The van der Waals surface area contributed by atoms with Crippen molar-refractivity contribution in [3.8, 4) is 0 Å². The summed E-state index contributed by atoms with van der Waals surface area (Å²) in [6, 6.07) is 22.5. The second-order valence-electron chi connectivity index (χ2n) is 8.95. The standard InChI is InChI=1S/C26H26ClN3O2S/c1-26(2,3)21-12-14-22(15-13-21)33(31,32)29-28-16-20-18-30(25-11-7-5-9-23(20)25)17-19-8-4-6-10-24(19)27/h4-16,18,29H,17H2,1-3H3/b28-16-. The van der Waals surface area contributed by atoms with Crippen molar-refractivity contribution in [3.05, 3.63) is 101 Å². The van der Waals surface area contributed by atoms with Crippen LogP contribution in [0, 0.1) is 0 Å². The van der Waals surface area contributed by atoms with Crippen LogP contribution in [-0.2, 0) is 22.0 Å². The molecule has 0 atom stereocenters. The fraction of sp³-hybridized carbons (Fsp3) is 0.192. The first-order valence-electron chi connectivity index (χ1n) is 10.6. The van der Waals surface area contributed by atoms with Gasteiger partial charge in [0.25, 0.3) is 10.0 Å². The molecule has 0 saturated heterocycles. The second kappa shape index (κ2) is 9.04. The van der Waals surface area contributed by atoms with Crippen LogP contribution in [0.15, 0.2) is 89.0 Å². The zero-order chi connectivity index (χ0) is 23.6. The third kappa shape index (κ3) is 5.13. The van der Waals surface area contributed by atoms with Crippen molar-refractivity contribution < 1.29 is 8.42 Å². The van der Waals surface area contributed by atoms with Gasteiger partial charge in [-0.05, 0) is 40.8 Å². The average molecular weight is 480 g/mol. The van der Waals surface area contributed by atoms with Gasteiger partial charge >= 0.3 is 0 Å². The minimum absolute atomic E-state index is 0.0495. The van der Waals surface area contributed by atoms with Gasteiger partial charge in [0.15, 0.2) is 0 Å². The van der Waals surface area contributed by atoms with E-state index >= 15 is 0 Å². The lowest BCUT2D eigenvalue weighted by molar-refractivity contribution is 0.580. The van der Waals surface area contributed by atoms with E-state index in [0.29, 0.717) is 11.6 Å². The molecular formula is C26H26ClN3O2S. The number of rotatable bonds is 6. The van der Waals surface area contributed by atoms with Crippen LogP contribution in [0.5, 0.6) is 0 Å². The third-order valence-electron chi connectivity index (χ3n) is 5.53. The summed E-state index contributed by atoms with van der Waals surface area (Å²) in [5.74, 6) is 0. The number of sulfonamides is 1. The molecule has 3 aromatic carbocycles. The number of aromatic nitrogens is 1. The minimum Gasteiger partial charge on any atom is -0.342 e. The van der Waals surface area contributed by atoms with Gasteiger partial charge in [0.2, 0.25) is 0 Å². The average Bonchev–Trinajstić information content (AvgIpc) is 3.12. The van der Waals surface area contributed by atoms with Crippen LogP contribution < -0.4 is 4.83 Å². The number of halogens is 1. The molecule has 0 aliphatic heterocycles. The Morgan fingerprint density at radius 2 is 1.64 bits per heavy atom. The molecule has 170 valence electrons. The first-order valence-corrected chi connectivity index (χ1v) is 12.5. The predicted molar refractivity (Wildman–Crippen MR) is 136 cm³/mol. The number of hydrazone groups is 1. The van der Waals surface area contributed by atoms with Crippen molar-refractivity contribution in [1.29, 1.82) is 0 Å². The molecule has 0 aliphatic carbocycles. The Kier molecular flexibility index (Phi) is 6.32. The summed E-state index contributed by atoms with van der Waals surface area (Å²) in [4.78, 5) is 2.50. The van der Waals surface area contributed by atoms with Crippen LogP contribution in [-0.4, -0.2) is 19.2 Å². The van der Waals surface area contributed by atoms with E-state index < -0.39 is 10.0 Å². The highest BCUT2D eigenvalue weighted by Crippen LogP contribution is 2.25. The van der Waals surface area contributed by atoms with E-state index in [9.17, 15) is 8.42 Å². The van der Waals surface area contributed by atoms with Crippen LogP contribution in [0.2, 0.25) is 5.02 Å². The van der Waals surface area contributed by atoms with E-state index in [4.69, 9.17) is 11.6 Å². The van der Waals surface area contributed by atoms with Gasteiger partial charge in [0.1, 0.15) is 0 Å². The molecule has 7 heteroatoms. The SMILES string of the molecule is CC(C)(C)c1ccc(S(=O)(=O)N/N=C\c2cn(Cc3ccccc3Cl)c3ccccc23)cc1.